The van der Waals surface area contributed by atoms with Crippen molar-refractivity contribution >= 4 is 11.6 Å². The standard InChI is InChI=1S/C20H18FN3O4/c1-26-16-8-7-15(10-17(16)27-2)24-11-13(9-18(24)25)19-22-20(28-23-19)12-3-5-14(21)6-4-12/h3-8,10,13H,9,11H2,1-2H3. The zero-order chi connectivity index (χ0) is 19.7. The quantitative estimate of drug-likeness (QED) is 0.672. The van der Waals surface area contributed by atoms with Gasteiger partial charge in [-0.2, -0.15) is 4.98 Å². The van der Waals surface area contributed by atoms with Crippen LogP contribution >= 0.6 is 0 Å². The molecule has 1 unspecified atom stereocenters. The summed E-state index contributed by atoms with van der Waals surface area (Å²) in [6, 6.07) is 11.1. The molecule has 0 radical (unpaired) electrons. The van der Waals surface area contributed by atoms with Gasteiger partial charge in [-0.25, -0.2) is 4.39 Å². The molecule has 1 atom stereocenters. The third-order valence-corrected chi connectivity index (χ3v) is 4.70. The number of benzene rings is 2. The predicted octanol–water partition coefficient (Wildman–Crippen LogP) is 3.41. The van der Waals surface area contributed by atoms with Gasteiger partial charge in [0.05, 0.1) is 14.2 Å². The molecule has 2 heterocycles. The second-order valence-corrected chi connectivity index (χ2v) is 6.41. The zero-order valence-electron chi connectivity index (χ0n) is 15.4. The van der Waals surface area contributed by atoms with Crippen molar-refractivity contribution in [2.45, 2.75) is 12.3 Å². The summed E-state index contributed by atoms with van der Waals surface area (Å²) in [7, 11) is 3.11. The van der Waals surface area contributed by atoms with Crippen molar-refractivity contribution in [1.82, 2.24) is 10.1 Å². The van der Waals surface area contributed by atoms with Gasteiger partial charge in [-0.1, -0.05) is 5.16 Å². The number of aromatic nitrogens is 2. The number of methoxy groups -OCH3 is 2. The summed E-state index contributed by atoms with van der Waals surface area (Å²) in [5.41, 5.74) is 1.34. The molecule has 0 bridgehead atoms. The minimum atomic E-state index is -0.338. The van der Waals surface area contributed by atoms with Crippen LogP contribution in [0.3, 0.4) is 0 Å². The number of halogens is 1. The number of rotatable bonds is 5. The first-order valence-corrected chi connectivity index (χ1v) is 8.71. The third-order valence-electron chi connectivity index (χ3n) is 4.70. The molecule has 1 saturated heterocycles. The van der Waals surface area contributed by atoms with Crippen LogP contribution in [0.2, 0.25) is 0 Å². The summed E-state index contributed by atoms with van der Waals surface area (Å²) < 4.78 is 28.9. The zero-order valence-corrected chi connectivity index (χ0v) is 15.4. The van der Waals surface area contributed by atoms with E-state index < -0.39 is 0 Å². The molecule has 1 aromatic heterocycles. The van der Waals surface area contributed by atoms with E-state index in [4.69, 9.17) is 14.0 Å². The van der Waals surface area contributed by atoms with Crippen LogP contribution in [0.5, 0.6) is 11.5 Å². The average Bonchev–Trinajstić information content (AvgIpc) is 3.35. The van der Waals surface area contributed by atoms with E-state index in [9.17, 15) is 9.18 Å². The summed E-state index contributed by atoms with van der Waals surface area (Å²) >= 11 is 0. The van der Waals surface area contributed by atoms with Crippen molar-refractivity contribution < 1.29 is 23.2 Å². The highest BCUT2D eigenvalue weighted by atomic mass is 19.1. The molecule has 144 valence electrons. The normalized spacial score (nSPS) is 16.5. The van der Waals surface area contributed by atoms with Crippen LogP contribution in [-0.4, -0.2) is 36.8 Å². The van der Waals surface area contributed by atoms with Gasteiger partial charge in [0.15, 0.2) is 17.3 Å². The number of carbonyl (C=O) groups excluding carboxylic acids is 1. The van der Waals surface area contributed by atoms with Crippen molar-refractivity contribution in [2.75, 3.05) is 25.7 Å². The number of carbonyl (C=O) groups is 1. The summed E-state index contributed by atoms with van der Waals surface area (Å²) in [4.78, 5) is 18.6. The van der Waals surface area contributed by atoms with Crippen LogP contribution in [0.25, 0.3) is 11.5 Å². The highest BCUT2D eigenvalue weighted by molar-refractivity contribution is 5.96. The molecular weight excluding hydrogens is 365 g/mol. The Bertz CT molecular complexity index is 1000. The number of anilines is 1. The number of ether oxygens (including phenoxy) is 2. The molecule has 0 N–H and O–H groups in total. The number of hydrogen-bond acceptors (Lipinski definition) is 6. The summed E-state index contributed by atoms with van der Waals surface area (Å²) in [6.07, 6.45) is 0.275. The highest BCUT2D eigenvalue weighted by Gasteiger charge is 2.35. The summed E-state index contributed by atoms with van der Waals surface area (Å²) in [5.74, 6) is 1.33. The smallest absolute Gasteiger partial charge is 0.257 e. The van der Waals surface area contributed by atoms with E-state index in [2.05, 4.69) is 10.1 Å². The van der Waals surface area contributed by atoms with E-state index in [0.29, 0.717) is 41.0 Å². The highest BCUT2D eigenvalue weighted by Crippen LogP contribution is 2.36. The first-order valence-electron chi connectivity index (χ1n) is 8.71. The van der Waals surface area contributed by atoms with Crippen LogP contribution in [0.1, 0.15) is 18.2 Å². The fourth-order valence-corrected chi connectivity index (χ4v) is 3.23. The molecule has 1 aliphatic rings. The van der Waals surface area contributed by atoms with Gasteiger partial charge < -0.3 is 18.9 Å². The van der Waals surface area contributed by atoms with Crippen LogP contribution in [0.15, 0.2) is 47.0 Å². The molecule has 0 aliphatic carbocycles. The molecule has 0 saturated carbocycles. The van der Waals surface area contributed by atoms with Crippen molar-refractivity contribution in [2.24, 2.45) is 0 Å². The predicted molar refractivity (Wildman–Crippen MR) is 98.9 cm³/mol. The Morgan fingerprint density at radius 3 is 2.57 bits per heavy atom. The molecule has 28 heavy (non-hydrogen) atoms. The Morgan fingerprint density at radius 1 is 1.11 bits per heavy atom. The molecule has 1 fully saturated rings. The fraction of sp³-hybridized carbons (Fsp3) is 0.250. The molecule has 0 spiro atoms. The van der Waals surface area contributed by atoms with E-state index in [1.165, 1.54) is 12.1 Å². The van der Waals surface area contributed by atoms with Gasteiger partial charge in [-0.15, -0.1) is 0 Å². The Balaban J connectivity index is 1.55. The second-order valence-electron chi connectivity index (χ2n) is 6.41. The first kappa shape index (κ1) is 18.0. The van der Waals surface area contributed by atoms with Crippen LogP contribution in [-0.2, 0) is 4.79 Å². The lowest BCUT2D eigenvalue weighted by Gasteiger charge is -2.18. The van der Waals surface area contributed by atoms with Gasteiger partial charge in [0.25, 0.3) is 5.89 Å². The van der Waals surface area contributed by atoms with Crippen LogP contribution < -0.4 is 14.4 Å². The van der Waals surface area contributed by atoms with E-state index in [-0.39, 0.29) is 24.1 Å². The van der Waals surface area contributed by atoms with Crippen LogP contribution in [0.4, 0.5) is 10.1 Å². The summed E-state index contributed by atoms with van der Waals surface area (Å²) in [6.45, 7) is 0.427. The lowest BCUT2D eigenvalue weighted by Crippen LogP contribution is -2.24. The number of hydrogen-bond donors (Lipinski definition) is 0. The maximum absolute atomic E-state index is 13.1. The first-order chi connectivity index (χ1) is 13.6. The largest absolute Gasteiger partial charge is 0.493 e. The van der Waals surface area contributed by atoms with E-state index in [1.807, 2.05) is 6.07 Å². The molecule has 4 rings (SSSR count). The van der Waals surface area contributed by atoms with E-state index >= 15 is 0 Å². The van der Waals surface area contributed by atoms with Gasteiger partial charge in [0, 0.05) is 36.2 Å². The Kier molecular flexibility index (Phi) is 4.68. The van der Waals surface area contributed by atoms with Crippen molar-refractivity contribution in [1.29, 1.82) is 0 Å². The Labute approximate surface area is 160 Å². The molecule has 1 aliphatic heterocycles. The van der Waals surface area contributed by atoms with Gasteiger partial charge >= 0.3 is 0 Å². The van der Waals surface area contributed by atoms with E-state index in [1.54, 1.807) is 43.4 Å². The minimum Gasteiger partial charge on any atom is -0.493 e. The fourth-order valence-electron chi connectivity index (χ4n) is 3.23. The maximum atomic E-state index is 13.1. The van der Waals surface area contributed by atoms with Crippen molar-refractivity contribution in [3.8, 4) is 23.0 Å². The van der Waals surface area contributed by atoms with E-state index in [0.717, 1.165) is 0 Å². The summed E-state index contributed by atoms with van der Waals surface area (Å²) in [5, 5.41) is 4.02. The molecular formula is C20H18FN3O4. The van der Waals surface area contributed by atoms with Crippen molar-refractivity contribution in [3.63, 3.8) is 0 Å². The number of amides is 1. The third kappa shape index (κ3) is 3.28. The van der Waals surface area contributed by atoms with Gasteiger partial charge in [0.1, 0.15) is 5.82 Å². The van der Waals surface area contributed by atoms with Gasteiger partial charge in [-0.3, -0.25) is 4.79 Å². The average molecular weight is 383 g/mol. The minimum absolute atomic E-state index is 0.0367. The van der Waals surface area contributed by atoms with Crippen LogP contribution in [0, 0.1) is 5.82 Å². The molecule has 8 heteroatoms. The molecule has 3 aromatic rings. The Morgan fingerprint density at radius 2 is 1.86 bits per heavy atom. The molecule has 2 aromatic carbocycles. The lowest BCUT2D eigenvalue weighted by molar-refractivity contribution is -0.117. The van der Waals surface area contributed by atoms with Gasteiger partial charge in [0.2, 0.25) is 5.91 Å². The SMILES string of the molecule is COc1ccc(N2CC(c3noc(-c4ccc(F)cc4)n3)CC2=O)cc1OC. The lowest BCUT2D eigenvalue weighted by atomic mass is 10.1. The van der Waals surface area contributed by atoms with Crippen molar-refractivity contribution in [3.05, 3.63) is 54.1 Å². The monoisotopic (exact) mass is 383 g/mol. The molecule has 1 amide bonds. The topological polar surface area (TPSA) is 77.7 Å². The maximum Gasteiger partial charge on any atom is 0.257 e. The Hall–Kier alpha value is -3.42. The molecule has 7 nitrogen and oxygen atoms in total. The second kappa shape index (κ2) is 7.30. The van der Waals surface area contributed by atoms with Gasteiger partial charge in [-0.05, 0) is 36.4 Å². The number of nitrogens with zero attached hydrogens (tertiary/aromatic N) is 3.